The molecule has 1 amide bonds. The lowest BCUT2D eigenvalue weighted by molar-refractivity contribution is -0.133. The molecule has 1 aromatic carbocycles. The zero-order valence-corrected chi connectivity index (χ0v) is 19.1. The molecule has 2 aliphatic heterocycles. The Morgan fingerprint density at radius 3 is 2.58 bits per heavy atom. The van der Waals surface area contributed by atoms with Crippen molar-refractivity contribution in [2.75, 3.05) is 40.3 Å². The van der Waals surface area contributed by atoms with Gasteiger partial charge in [0.25, 0.3) is 0 Å². The van der Waals surface area contributed by atoms with Crippen LogP contribution in [0.2, 0.25) is 0 Å². The summed E-state index contributed by atoms with van der Waals surface area (Å²) in [6, 6.07) is 13.1. The Bertz CT molecular complexity index is 810. The van der Waals surface area contributed by atoms with Gasteiger partial charge in [0, 0.05) is 38.2 Å². The van der Waals surface area contributed by atoms with Gasteiger partial charge in [0.05, 0.1) is 6.26 Å². The summed E-state index contributed by atoms with van der Waals surface area (Å²) in [5.74, 6) is 1.88. The predicted molar refractivity (Wildman–Crippen MR) is 125 cm³/mol. The molecule has 1 atom stereocenters. The van der Waals surface area contributed by atoms with Crippen LogP contribution >= 0.6 is 0 Å². The summed E-state index contributed by atoms with van der Waals surface area (Å²) < 4.78 is 5.49. The number of amides is 1. The third-order valence-corrected chi connectivity index (χ3v) is 7.16. The highest BCUT2D eigenvalue weighted by molar-refractivity contribution is 5.76. The molecular weight excluding hydrogens is 386 g/mol. The molecule has 0 N–H and O–H groups in total. The van der Waals surface area contributed by atoms with Crippen molar-refractivity contribution >= 4 is 5.91 Å². The van der Waals surface area contributed by atoms with Crippen molar-refractivity contribution in [3.05, 3.63) is 48.2 Å². The molecule has 0 radical (unpaired) electrons. The van der Waals surface area contributed by atoms with Gasteiger partial charge in [-0.15, -0.1) is 0 Å². The van der Waals surface area contributed by atoms with Crippen LogP contribution in [0.1, 0.15) is 44.1 Å². The first-order valence-electron chi connectivity index (χ1n) is 11.9. The number of hydrogen-bond donors (Lipinski definition) is 0. The molecule has 3 heterocycles. The Hall–Kier alpha value is -2.11. The molecule has 1 aromatic heterocycles. The highest BCUT2D eigenvalue weighted by Crippen LogP contribution is 2.25. The highest BCUT2D eigenvalue weighted by atomic mass is 16.3. The minimum Gasteiger partial charge on any atom is -0.464 e. The van der Waals surface area contributed by atoms with Crippen LogP contribution < -0.4 is 0 Å². The maximum absolute atomic E-state index is 12.8. The zero-order chi connectivity index (χ0) is 21.6. The van der Waals surface area contributed by atoms with Crippen LogP contribution in [0, 0.1) is 5.92 Å². The molecule has 168 valence electrons. The van der Waals surface area contributed by atoms with Crippen LogP contribution in [0.5, 0.6) is 0 Å². The molecule has 0 spiro atoms. The number of likely N-dealkylation sites (tertiary alicyclic amines) is 2. The normalized spacial score (nSPS) is 21.3. The topological polar surface area (TPSA) is 39.9 Å². The summed E-state index contributed by atoms with van der Waals surface area (Å²) >= 11 is 0. The summed E-state index contributed by atoms with van der Waals surface area (Å²) in [7, 11) is 4.18. The number of furan rings is 1. The first-order chi connectivity index (χ1) is 15.1. The maximum Gasteiger partial charge on any atom is 0.222 e. The molecule has 4 rings (SSSR count). The second-order valence-electron chi connectivity index (χ2n) is 9.50. The van der Waals surface area contributed by atoms with Crippen molar-refractivity contribution in [2.24, 2.45) is 5.92 Å². The molecule has 5 heteroatoms. The molecule has 0 saturated carbocycles. The van der Waals surface area contributed by atoms with Gasteiger partial charge in [-0.05, 0) is 82.4 Å². The van der Waals surface area contributed by atoms with Crippen molar-refractivity contribution in [3.63, 3.8) is 0 Å². The Kier molecular flexibility index (Phi) is 7.46. The lowest BCUT2D eigenvalue weighted by atomic mass is 9.92. The molecular formula is C26H37N3O2. The van der Waals surface area contributed by atoms with E-state index in [0.717, 1.165) is 63.3 Å². The van der Waals surface area contributed by atoms with Gasteiger partial charge in [-0.1, -0.05) is 24.3 Å². The molecule has 5 nitrogen and oxygen atoms in total. The van der Waals surface area contributed by atoms with Gasteiger partial charge < -0.3 is 14.2 Å². The minimum absolute atomic E-state index is 0.334. The lowest BCUT2D eigenvalue weighted by Crippen LogP contribution is -2.44. The van der Waals surface area contributed by atoms with Crippen molar-refractivity contribution < 1.29 is 9.21 Å². The van der Waals surface area contributed by atoms with Gasteiger partial charge in [0.1, 0.15) is 5.76 Å². The van der Waals surface area contributed by atoms with Crippen molar-refractivity contribution in [2.45, 2.75) is 51.1 Å². The van der Waals surface area contributed by atoms with Gasteiger partial charge in [-0.2, -0.15) is 0 Å². The maximum atomic E-state index is 12.8. The predicted octanol–water partition coefficient (Wildman–Crippen LogP) is 4.49. The largest absolute Gasteiger partial charge is 0.464 e. The fourth-order valence-corrected chi connectivity index (χ4v) is 5.10. The van der Waals surface area contributed by atoms with E-state index < -0.39 is 0 Å². The SMILES string of the molecule is CN1CCC(N(C)C(=O)CCC2CCCN(Cc3ccc(-c4ccco4)cc3)C2)CC1. The van der Waals surface area contributed by atoms with E-state index in [1.54, 1.807) is 6.26 Å². The monoisotopic (exact) mass is 423 g/mol. The zero-order valence-electron chi connectivity index (χ0n) is 19.1. The average molecular weight is 424 g/mol. The van der Waals surface area contributed by atoms with E-state index in [2.05, 4.69) is 41.1 Å². The van der Waals surface area contributed by atoms with Gasteiger partial charge >= 0.3 is 0 Å². The van der Waals surface area contributed by atoms with E-state index in [4.69, 9.17) is 4.42 Å². The first-order valence-corrected chi connectivity index (χ1v) is 11.9. The molecule has 2 saturated heterocycles. The van der Waals surface area contributed by atoms with E-state index in [-0.39, 0.29) is 0 Å². The number of piperidine rings is 2. The van der Waals surface area contributed by atoms with E-state index in [1.807, 2.05) is 24.1 Å². The third kappa shape index (κ3) is 5.98. The van der Waals surface area contributed by atoms with Gasteiger partial charge in [-0.25, -0.2) is 0 Å². The Morgan fingerprint density at radius 2 is 1.87 bits per heavy atom. The quantitative estimate of drug-likeness (QED) is 0.658. The summed E-state index contributed by atoms with van der Waals surface area (Å²) in [4.78, 5) is 19.7. The standard InChI is InChI=1S/C26H37N3O2/c1-27-16-13-24(14-17-27)28(2)26(30)12-9-21-5-3-15-29(19-21)20-22-7-10-23(11-8-22)25-6-4-18-31-25/h4,6-8,10-11,18,21,24H,3,5,9,12-17,19-20H2,1-2H3. The number of carbonyl (C=O) groups is 1. The molecule has 0 bridgehead atoms. The molecule has 2 aliphatic rings. The highest BCUT2D eigenvalue weighted by Gasteiger charge is 2.25. The number of hydrogen-bond acceptors (Lipinski definition) is 4. The summed E-state index contributed by atoms with van der Waals surface area (Å²) in [5, 5.41) is 0. The Labute approximate surface area is 187 Å². The van der Waals surface area contributed by atoms with Crippen LogP contribution in [-0.2, 0) is 11.3 Å². The van der Waals surface area contributed by atoms with Crippen molar-refractivity contribution in [1.82, 2.24) is 14.7 Å². The number of rotatable bonds is 7. The summed E-state index contributed by atoms with van der Waals surface area (Å²) in [5.41, 5.74) is 2.46. The second-order valence-corrected chi connectivity index (χ2v) is 9.50. The average Bonchev–Trinajstić information content (AvgIpc) is 3.33. The molecule has 2 aromatic rings. The number of carbonyl (C=O) groups excluding carboxylic acids is 1. The molecule has 1 unspecified atom stereocenters. The molecule has 31 heavy (non-hydrogen) atoms. The second kappa shape index (κ2) is 10.5. The van der Waals surface area contributed by atoms with E-state index in [1.165, 1.54) is 18.4 Å². The Morgan fingerprint density at radius 1 is 1.10 bits per heavy atom. The van der Waals surface area contributed by atoms with Crippen LogP contribution in [0.15, 0.2) is 47.1 Å². The van der Waals surface area contributed by atoms with Gasteiger partial charge in [0.2, 0.25) is 5.91 Å². The van der Waals surface area contributed by atoms with Crippen LogP contribution in [0.25, 0.3) is 11.3 Å². The van der Waals surface area contributed by atoms with Crippen LogP contribution in [0.3, 0.4) is 0 Å². The van der Waals surface area contributed by atoms with Crippen molar-refractivity contribution in [1.29, 1.82) is 0 Å². The molecule has 2 fully saturated rings. The summed E-state index contributed by atoms with van der Waals surface area (Å²) in [6.07, 6.45) is 8.12. The Balaban J connectivity index is 1.22. The fourth-order valence-electron chi connectivity index (χ4n) is 5.10. The van der Waals surface area contributed by atoms with Crippen LogP contribution in [0.4, 0.5) is 0 Å². The van der Waals surface area contributed by atoms with Crippen LogP contribution in [-0.4, -0.2) is 66.9 Å². The minimum atomic E-state index is 0.334. The first kappa shape index (κ1) is 22.1. The lowest BCUT2D eigenvalue weighted by Gasteiger charge is -2.36. The van der Waals surface area contributed by atoms with Gasteiger partial charge in [0.15, 0.2) is 0 Å². The smallest absolute Gasteiger partial charge is 0.222 e. The molecule has 0 aliphatic carbocycles. The summed E-state index contributed by atoms with van der Waals surface area (Å²) in [6.45, 7) is 5.44. The number of nitrogens with zero attached hydrogens (tertiary/aromatic N) is 3. The third-order valence-electron chi connectivity index (χ3n) is 7.16. The van der Waals surface area contributed by atoms with E-state index in [0.29, 0.717) is 24.3 Å². The van der Waals surface area contributed by atoms with Crippen molar-refractivity contribution in [3.8, 4) is 11.3 Å². The van der Waals surface area contributed by atoms with E-state index in [9.17, 15) is 4.79 Å². The van der Waals surface area contributed by atoms with Gasteiger partial charge in [-0.3, -0.25) is 9.69 Å². The number of benzene rings is 1. The fraction of sp³-hybridized carbons (Fsp3) is 0.577. The van der Waals surface area contributed by atoms with E-state index >= 15 is 0 Å².